The van der Waals surface area contributed by atoms with Crippen molar-refractivity contribution in [1.82, 2.24) is 5.32 Å². The molecule has 3 rings (SSSR count). The van der Waals surface area contributed by atoms with Crippen molar-refractivity contribution in [2.75, 3.05) is 19.1 Å². The third-order valence-corrected chi connectivity index (χ3v) is 5.23. The molecule has 2 aromatic carbocycles. The summed E-state index contributed by atoms with van der Waals surface area (Å²) < 4.78 is 9.79. The van der Waals surface area contributed by atoms with Crippen LogP contribution in [0.1, 0.15) is 41.7 Å². The number of anilines is 1. The van der Waals surface area contributed by atoms with Crippen LogP contribution in [0.4, 0.5) is 10.5 Å². The highest BCUT2D eigenvalue weighted by atomic mass is 35.5. The van der Waals surface area contributed by atoms with Crippen molar-refractivity contribution in [3.8, 4) is 0 Å². The molecule has 1 unspecified atom stereocenters. The second-order valence-electron chi connectivity index (χ2n) is 6.91. The zero-order valence-corrected chi connectivity index (χ0v) is 18.2. The van der Waals surface area contributed by atoms with Crippen LogP contribution < -0.4 is 10.2 Å². The van der Waals surface area contributed by atoms with Gasteiger partial charge in [0.2, 0.25) is 0 Å². The Balaban J connectivity index is 2.14. The van der Waals surface area contributed by atoms with Gasteiger partial charge in [-0.05, 0) is 48.4 Å². The highest BCUT2D eigenvalue weighted by Gasteiger charge is 2.38. The third-order valence-electron chi connectivity index (χ3n) is 4.98. The van der Waals surface area contributed by atoms with E-state index >= 15 is 0 Å². The molecule has 8 heteroatoms. The summed E-state index contributed by atoms with van der Waals surface area (Å²) in [6, 6.07) is 12.3. The summed E-state index contributed by atoms with van der Waals surface area (Å²) in [5, 5.41) is 3.43. The first-order valence-electron chi connectivity index (χ1n) is 9.77. The van der Waals surface area contributed by atoms with Gasteiger partial charge >= 0.3 is 18.0 Å². The lowest BCUT2D eigenvalue weighted by Gasteiger charge is -2.36. The van der Waals surface area contributed by atoms with E-state index in [1.54, 1.807) is 48.5 Å². The van der Waals surface area contributed by atoms with Crippen molar-refractivity contribution in [2.45, 2.75) is 25.8 Å². The molecular formula is C23H23ClN2O5. The number of hydrogen-bond donors (Lipinski definition) is 1. The molecule has 1 N–H and O–H groups in total. The van der Waals surface area contributed by atoms with Crippen LogP contribution in [0.3, 0.4) is 0 Å². The molecule has 1 heterocycles. The minimum absolute atomic E-state index is 0.338. The van der Waals surface area contributed by atoms with Crippen LogP contribution in [0.2, 0.25) is 5.02 Å². The van der Waals surface area contributed by atoms with Gasteiger partial charge in [-0.3, -0.25) is 4.90 Å². The molecule has 1 aliphatic heterocycles. The van der Waals surface area contributed by atoms with Gasteiger partial charge in [-0.1, -0.05) is 37.1 Å². The first-order valence-corrected chi connectivity index (χ1v) is 10.1. The smallest absolute Gasteiger partial charge is 0.338 e. The summed E-state index contributed by atoms with van der Waals surface area (Å²) in [4.78, 5) is 39.2. The standard InChI is InChI=1S/C23H23ClN2O5/c1-4-5-18-19(22(28)31-3)20(14-6-8-15(9-7-14)21(27)30-2)25-23(29)26(18)17-12-10-16(24)11-13-17/h6-13,20H,4-5H2,1-3H3,(H,25,29). The fourth-order valence-electron chi connectivity index (χ4n) is 3.54. The van der Waals surface area contributed by atoms with Crippen LogP contribution in [0.5, 0.6) is 0 Å². The Hall–Kier alpha value is -3.32. The molecular weight excluding hydrogens is 420 g/mol. The maximum Gasteiger partial charge on any atom is 0.338 e. The number of hydrogen-bond acceptors (Lipinski definition) is 5. The molecule has 0 radical (unpaired) electrons. The molecule has 2 amide bonds. The van der Waals surface area contributed by atoms with Crippen molar-refractivity contribution in [3.05, 3.63) is 76.0 Å². The second kappa shape index (κ2) is 9.66. The third kappa shape index (κ3) is 4.56. The van der Waals surface area contributed by atoms with Gasteiger partial charge in [-0.2, -0.15) is 0 Å². The number of urea groups is 1. The number of nitrogens with one attached hydrogen (secondary N) is 1. The van der Waals surface area contributed by atoms with Crippen LogP contribution in [0, 0.1) is 0 Å². The lowest BCUT2D eigenvalue weighted by atomic mass is 9.92. The molecule has 1 aliphatic rings. The highest BCUT2D eigenvalue weighted by molar-refractivity contribution is 6.30. The number of amides is 2. The van der Waals surface area contributed by atoms with Crippen LogP contribution >= 0.6 is 11.6 Å². The molecule has 0 aromatic heterocycles. The Morgan fingerprint density at radius 1 is 1.00 bits per heavy atom. The monoisotopic (exact) mass is 442 g/mol. The molecule has 162 valence electrons. The summed E-state index contributed by atoms with van der Waals surface area (Å²) in [6.07, 6.45) is 1.19. The Bertz CT molecular complexity index is 1020. The van der Waals surface area contributed by atoms with E-state index in [-0.39, 0.29) is 6.03 Å². The molecule has 0 fully saturated rings. The summed E-state index contributed by atoms with van der Waals surface area (Å²) >= 11 is 6.00. The topological polar surface area (TPSA) is 84.9 Å². The minimum Gasteiger partial charge on any atom is -0.466 e. The predicted octanol–water partition coefficient (Wildman–Crippen LogP) is 4.62. The molecule has 0 saturated carbocycles. The van der Waals surface area contributed by atoms with Gasteiger partial charge in [0.05, 0.1) is 37.1 Å². The number of benzene rings is 2. The van der Waals surface area contributed by atoms with Crippen LogP contribution in [-0.2, 0) is 14.3 Å². The van der Waals surface area contributed by atoms with Crippen LogP contribution in [0.25, 0.3) is 0 Å². The van der Waals surface area contributed by atoms with Crippen molar-refractivity contribution in [3.63, 3.8) is 0 Å². The van der Waals surface area contributed by atoms with Crippen LogP contribution in [-0.4, -0.2) is 32.2 Å². The highest BCUT2D eigenvalue weighted by Crippen LogP contribution is 2.36. The number of allylic oxidation sites excluding steroid dienone is 1. The fourth-order valence-corrected chi connectivity index (χ4v) is 3.67. The van der Waals surface area contributed by atoms with E-state index in [1.807, 2.05) is 6.92 Å². The molecule has 0 bridgehead atoms. The largest absolute Gasteiger partial charge is 0.466 e. The van der Waals surface area contributed by atoms with Crippen molar-refractivity contribution in [1.29, 1.82) is 0 Å². The summed E-state index contributed by atoms with van der Waals surface area (Å²) in [7, 11) is 2.61. The van der Waals surface area contributed by atoms with E-state index in [0.717, 1.165) is 0 Å². The average Bonchev–Trinajstić information content (AvgIpc) is 2.79. The van der Waals surface area contributed by atoms with E-state index < -0.39 is 18.0 Å². The van der Waals surface area contributed by atoms with E-state index in [2.05, 4.69) is 5.32 Å². The molecule has 0 saturated heterocycles. The molecule has 2 aromatic rings. The number of halogens is 1. The van der Waals surface area contributed by atoms with Gasteiger partial charge in [0.15, 0.2) is 0 Å². The number of methoxy groups -OCH3 is 2. The average molecular weight is 443 g/mol. The van der Waals surface area contributed by atoms with Gasteiger partial charge in [-0.15, -0.1) is 0 Å². The second-order valence-corrected chi connectivity index (χ2v) is 7.35. The predicted molar refractivity (Wildman–Crippen MR) is 117 cm³/mol. The van der Waals surface area contributed by atoms with E-state index in [0.29, 0.717) is 45.9 Å². The summed E-state index contributed by atoms with van der Waals surface area (Å²) in [5.74, 6) is -1.01. The minimum atomic E-state index is -0.725. The van der Waals surface area contributed by atoms with Crippen molar-refractivity contribution < 1.29 is 23.9 Å². The molecule has 0 spiro atoms. The number of rotatable bonds is 6. The number of ether oxygens (including phenoxy) is 2. The molecule has 31 heavy (non-hydrogen) atoms. The first-order chi connectivity index (χ1) is 14.9. The molecule has 7 nitrogen and oxygen atoms in total. The van der Waals surface area contributed by atoms with Gasteiger partial charge < -0.3 is 14.8 Å². The maximum atomic E-state index is 13.1. The summed E-state index contributed by atoms with van der Waals surface area (Å²) in [5.41, 5.74) is 2.50. The number of nitrogens with zero attached hydrogens (tertiary/aromatic N) is 1. The van der Waals surface area contributed by atoms with Gasteiger partial charge in [0.25, 0.3) is 0 Å². The van der Waals surface area contributed by atoms with Crippen LogP contribution in [0.15, 0.2) is 59.8 Å². The zero-order valence-electron chi connectivity index (χ0n) is 17.5. The first kappa shape index (κ1) is 22.4. The number of carbonyl (C=O) groups is 3. The van der Waals surface area contributed by atoms with Gasteiger partial charge in [0.1, 0.15) is 0 Å². The van der Waals surface area contributed by atoms with E-state index in [1.165, 1.54) is 19.1 Å². The Labute approximate surface area is 185 Å². The molecule has 1 atom stereocenters. The van der Waals surface area contributed by atoms with Gasteiger partial charge in [-0.25, -0.2) is 14.4 Å². The SMILES string of the molecule is CCCC1=C(C(=O)OC)C(c2ccc(C(=O)OC)cc2)NC(=O)N1c1ccc(Cl)cc1. The van der Waals surface area contributed by atoms with Crippen molar-refractivity contribution >= 4 is 35.3 Å². The fraction of sp³-hybridized carbons (Fsp3) is 0.261. The van der Waals surface area contributed by atoms with E-state index in [9.17, 15) is 14.4 Å². The zero-order chi connectivity index (χ0) is 22.5. The number of esters is 2. The normalized spacial score (nSPS) is 16.1. The number of carbonyl (C=O) groups excluding carboxylic acids is 3. The molecule has 0 aliphatic carbocycles. The Morgan fingerprint density at radius 3 is 2.16 bits per heavy atom. The van der Waals surface area contributed by atoms with E-state index in [4.69, 9.17) is 21.1 Å². The Kier molecular flexibility index (Phi) is 6.97. The lowest BCUT2D eigenvalue weighted by molar-refractivity contribution is -0.136. The lowest BCUT2D eigenvalue weighted by Crippen LogP contribution is -2.48. The quantitative estimate of drug-likeness (QED) is 0.659. The Morgan fingerprint density at radius 2 is 1.61 bits per heavy atom. The summed E-state index contributed by atoms with van der Waals surface area (Å²) in [6.45, 7) is 1.97. The maximum absolute atomic E-state index is 13.1. The van der Waals surface area contributed by atoms with Gasteiger partial charge in [0, 0.05) is 10.7 Å². The van der Waals surface area contributed by atoms with Crippen molar-refractivity contribution in [2.24, 2.45) is 0 Å².